The summed E-state index contributed by atoms with van der Waals surface area (Å²) in [6.45, 7) is 6.01. The topological polar surface area (TPSA) is 86.7 Å². The number of carbonyl (C=O) groups excluding carboxylic acids is 2. The van der Waals surface area contributed by atoms with Crippen molar-refractivity contribution in [1.82, 2.24) is 10.2 Å². The van der Waals surface area contributed by atoms with E-state index < -0.39 is 18.1 Å². The van der Waals surface area contributed by atoms with Gasteiger partial charge in [-0.2, -0.15) is 0 Å². The Kier molecular flexibility index (Phi) is 3.04. The highest BCUT2D eigenvalue weighted by Gasteiger charge is 2.70. The molecule has 6 heteroatoms. The highest BCUT2D eigenvalue weighted by atomic mass is 16.4. The van der Waals surface area contributed by atoms with E-state index >= 15 is 0 Å². The van der Waals surface area contributed by atoms with Crippen molar-refractivity contribution in [3.63, 3.8) is 0 Å². The van der Waals surface area contributed by atoms with Crippen LogP contribution in [0.1, 0.15) is 33.6 Å². The number of hydrogen-bond donors (Lipinski definition) is 2. The first-order valence-corrected chi connectivity index (χ1v) is 7.55. The Morgan fingerprint density at radius 3 is 2.38 bits per heavy atom. The molecule has 6 nitrogen and oxygen atoms in total. The molecule has 0 aromatic heterocycles. The van der Waals surface area contributed by atoms with E-state index in [1.54, 1.807) is 0 Å². The van der Waals surface area contributed by atoms with E-state index in [0.29, 0.717) is 6.54 Å². The van der Waals surface area contributed by atoms with Crippen LogP contribution in [0.5, 0.6) is 0 Å². The zero-order valence-corrected chi connectivity index (χ0v) is 12.6. The summed E-state index contributed by atoms with van der Waals surface area (Å²) in [5.74, 6) is -0.921. The SMILES string of the molecule is CC(=O)N[C@H](C(=O)N1C[C@H]2[C@@H]([C@H]1C(=O)O)C2(C)C)C1CC1. The standard InChI is InChI=1S/C15H22N2O4/c1-7(18)16-11(8-4-5-8)13(19)17-6-9-10(15(9,2)3)12(17)14(20)21/h8-12H,4-6H2,1-3H3,(H,16,18)(H,20,21)/t9-,10-,11-,12-/m0/s1. The van der Waals surface area contributed by atoms with Gasteiger partial charge in [-0.05, 0) is 30.1 Å². The molecule has 21 heavy (non-hydrogen) atoms. The molecule has 2 N–H and O–H groups in total. The van der Waals surface area contributed by atoms with E-state index in [-0.39, 0.29) is 35.0 Å². The molecule has 3 rings (SSSR count). The number of likely N-dealkylation sites (tertiary alicyclic amines) is 1. The Labute approximate surface area is 123 Å². The molecular formula is C15H22N2O4. The summed E-state index contributed by atoms with van der Waals surface area (Å²) in [5.41, 5.74) is 0.00290. The third kappa shape index (κ3) is 2.21. The van der Waals surface area contributed by atoms with Crippen LogP contribution in [0.4, 0.5) is 0 Å². The van der Waals surface area contributed by atoms with Gasteiger partial charge in [-0.3, -0.25) is 9.59 Å². The molecule has 0 aromatic carbocycles. The van der Waals surface area contributed by atoms with Crippen LogP contribution in [0, 0.1) is 23.2 Å². The van der Waals surface area contributed by atoms with Gasteiger partial charge in [-0.25, -0.2) is 4.79 Å². The van der Waals surface area contributed by atoms with E-state index in [0.717, 1.165) is 12.8 Å². The summed E-state index contributed by atoms with van der Waals surface area (Å²) in [5, 5.41) is 12.2. The highest BCUT2D eigenvalue weighted by molar-refractivity contribution is 5.91. The second kappa shape index (κ2) is 4.45. The molecule has 0 bridgehead atoms. The van der Waals surface area contributed by atoms with Gasteiger partial charge in [-0.15, -0.1) is 0 Å². The van der Waals surface area contributed by atoms with Gasteiger partial charge < -0.3 is 15.3 Å². The second-order valence-corrected chi connectivity index (χ2v) is 7.24. The average Bonchev–Trinajstić information content (AvgIpc) is 3.22. The number of nitrogens with zero attached hydrogens (tertiary/aromatic N) is 1. The van der Waals surface area contributed by atoms with E-state index in [4.69, 9.17) is 0 Å². The lowest BCUT2D eigenvalue weighted by molar-refractivity contribution is -0.151. The molecule has 4 atom stereocenters. The first-order chi connectivity index (χ1) is 9.75. The minimum Gasteiger partial charge on any atom is -0.480 e. The molecule has 3 aliphatic rings. The molecular weight excluding hydrogens is 272 g/mol. The van der Waals surface area contributed by atoms with Crippen LogP contribution in [0.25, 0.3) is 0 Å². The van der Waals surface area contributed by atoms with Crippen molar-refractivity contribution >= 4 is 17.8 Å². The molecule has 0 radical (unpaired) electrons. The van der Waals surface area contributed by atoms with Crippen LogP contribution in [-0.2, 0) is 14.4 Å². The van der Waals surface area contributed by atoms with Crippen LogP contribution in [0.2, 0.25) is 0 Å². The summed E-state index contributed by atoms with van der Waals surface area (Å²) in [6.07, 6.45) is 1.83. The van der Waals surface area contributed by atoms with Crippen LogP contribution in [0.3, 0.4) is 0 Å². The maximum atomic E-state index is 12.7. The molecule has 1 aliphatic heterocycles. The fourth-order valence-corrected chi connectivity index (χ4v) is 4.00. The number of piperidine rings is 1. The van der Waals surface area contributed by atoms with Crippen LogP contribution in [-0.4, -0.2) is 46.4 Å². The summed E-state index contributed by atoms with van der Waals surface area (Å²) >= 11 is 0. The number of rotatable bonds is 4. The largest absolute Gasteiger partial charge is 0.480 e. The molecule has 3 fully saturated rings. The zero-order valence-electron chi connectivity index (χ0n) is 12.6. The minimum atomic E-state index is -0.932. The van der Waals surface area contributed by atoms with Gasteiger partial charge in [0.05, 0.1) is 0 Å². The number of amides is 2. The number of aliphatic carboxylic acids is 1. The lowest BCUT2D eigenvalue weighted by Gasteiger charge is -2.31. The number of carboxylic acids is 1. The number of hydrogen-bond acceptors (Lipinski definition) is 3. The van der Waals surface area contributed by atoms with Gasteiger partial charge >= 0.3 is 5.97 Å². The Hall–Kier alpha value is -1.59. The number of nitrogens with one attached hydrogen (secondary N) is 1. The van der Waals surface area contributed by atoms with Gasteiger partial charge in [0.1, 0.15) is 12.1 Å². The van der Waals surface area contributed by atoms with Crippen LogP contribution < -0.4 is 5.32 Å². The Balaban J connectivity index is 1.78. The maximum absolute atomic E-state index is 12.7. The van der Waals surface area contributed by atoms with Gasteiger partial charge in [0, 0.05) is 19.4 Å². The molecule has 2 saturated carbocycles. The first-order valence-electron chi connectivity index (χ1n) is 7.55. The Bertz CT molecular complexity index is 512. The van der Waals surface area contributed by atoms with Gasteiger partial charge in [0.25, 0.3) is 0 Å². The normalized spacial score (nSPS) is 34.0. The predicted molar refractivity (Wildman–Crippen MR) is 74.2 cm³/mol. The van der Waals surface area contributed by atoms with Crippen molar-refractivity contribution in [2.24, 2.45) is 23.2 Å². The zero-order chi connectivity index (χ0) is 15.5. The van der Waals surface area contributed by atoms with Crippen LogP contribution >= 0.6 is 0 Å². The third-order valence-corrected chi connectivity index (χ3v) is 5.46. The molecule has 1 heterocycles. The van der Waals surface area contributed by atoms with Gasteiger partial charge in [0.15, 0.2) is 0 Å². The van der Waals surface area contributed by atoms with Gasteiger partial charge in [-0.1, -0.05) is 13.8 Å². The van der Waals surface area contributed by atoms with E-state index in [2.05, 4.69) is 19.2 Å². The smallest absolute Gasteiger partial charge is 0.326 e. The lowest BCUT2D eigenvalue weighted by Crippen LogP contribution is -2.54. The summed E-state index contributed by atoms with van der Waals surface area (Å²) in [4.78, 5) is 37.1. The Morgan fingerprint density at radius 1 is 1.29 bits per heavy atom. The molecule has 1 saturated heterocycles. The maximum Gasteiger partial charge on any atom is 0.326 e. The molecule has 116 valence electrons. The van der Waals surface area contributed by atoms with Crippen molar-refractivity contribution < 1.29 is 19.5 Å². The molecule has 2 amide bonds. The van der Waals surface area contributed by atoms with Crippen molar-refractivity contribution in [1.29, 1.82) is 0 Å². The minimum absolute atomic E-state index is 0.00290. The van der Waals surface area contributed by atoms with Crippen molar-refractivity contribution in [3.8, 4) is 0 Å². The average molecular weight is 294 g/mol. The fourth-order valence-electron chi connectivity index (χ4n) is 4.00. The van der Waals surface area contributed by atoms with Crippen molar-refractivity contribution in [3.05, 3.63) is 0 Å². The van der Waals surface area contributed by atoms with Gasteiger partial charge in [0.2, 0.25) is 11.8 Å². The molecule has 0 aromatic rings. The summed E-state index contributed by atoms with van der Waals surface area (Å²) < 4.78 is 0. The number of carboxylic acid groups (broad SMARTS) is 1. The first kappa shape index (κ1) is 14.4. The lowest BCUT2D eigenvalue weighted by atomic mass is 10.00. The second-order valence-electron chi connectivity index (χ2n) is 7.24. The van der Waals surface area contributed by atoms with Crippen molar-refractivity contribution in [2.45, 2.75) is 45.7 Å². The summed E-state index contributed by atoms with van der Waals surface area (Å²) in [7, 11) is 0. The summed E-state index contributed by atoms with van der Waals surface area (Å²) in [6, 6.07) is -1.29. The fraction of sp³-hybridized carbons (Fsp3) is 0.800. The number of carbonyl (C=O) groups is 3. The molecule has 0 unspecified atom stereocenters. The van der Waals surface area contributed by atoms with Crippen LogP contribution in [0.15, 0.2) is 0 Å². The quantitative estimate of drug-likeness (QED) is 0.789. The van der Waals surface area contributed by atoms with Crippen molar-refractivity contribution in [2.75, 3.05) is 6.54 Å². The monoisotopic (exact) mass is 294 g/mol. The highest BCUT2D eigenvalue weighted by Crippen LogP contribution is 2.65. The number of fused-ring (bicyclic) bond motifs is 1. The van der Waals surface area contributed by atoms with E-state index in [9.17, 15) is 19.5 Å². The predicted octanol–water partition coefficient (Wildman–Crippen LogP) is 0.469. The molecule has 2 aliphatic carbocycles. The van der Waals surface area contributed by atoms with E-state index in [1.165, 1.54) is 11.8 Å². The molecule has 0 spiro atoms. The van der Waals surface area contributed by atoms with E-state index in [1.807, 2.05) is 0 Å². The Morgan fingerprint density at radius 2 is 1.90 bits per heavy atom. The third-order valence-electron chi connectivity index (χ3n) is 5.46.